The molecule has 0 saturated carbocycles. The topological polar surface area (TPSA) is 16.4 Å². The predicted molar refractivity (Wildman–Crippen MR) is 204 cm³/mol. The van der Waals surface area contributed by atoms with E-state index in [1.165, 1.54) is 43.1 Å². The molecular weight excluding hydrogens is 583 g/mol. The van der Waals surface area contributed by atoms with Gasteiger partial charge < -0.3 is 9.32 Å². The molecule has 0 radical (unpaired) electrons. The molecule has 1 aromatic heterocycles. The summed E-state index contributed by atoms with van der Waals surface area (Å²) in [6.45, 7) is 0. The molecule has 0 saturated heterocycles. The van der Waals surface area contributed by atoms with Gasteiger partial charge in [-0.3, -0.25) is 0 Å². The Morgan fingerprint density at radius 2 is 0.896 bits per heavy atom. The summed E-state index contributed by atoms with van der Waals surface area (Å²) in [5.41, 5.74) is 7.47. The smallest absolute Gasteiger partial charge is 0.136 e. The van der Waals surface area contributed by atoms with Crippen LogP contribution in [0.1, 0.15) is 0 Å². The van der Waals surface area contributed by atoms with E-state index in [9.17, 15) is 0 Å². The van der Waals surface area contributed by atoms with Gasteiger partial charge in [-0.25, -0.2) is 0 Å². The van der Waals surface area contributed by atoms with Crippen molar-refractivity contribution in [2.75, 3.05) is 4.90 Å². The van der Waals surface area contributed by atoms with Crippen molar-refractivity contribution in [3.05, 3.63) is 176 Å². The number of nitrogens with zero attached hydrogens (tertiary/aromatic N) is 1. The SMILES string of the molecule is c1ccc(N(c2cccc3ccccc23)c2cc3ccccc3c3ccccc23)c(-c2cccc3oc4cc5ccccc5cc4c23)c1. The maximum Gasteiger partial charge on any atom is 0.136 e. The van der Waals surface area contributed by atoms with Gasteiger partial charge in [0.1, 0.15) is 11.2 Å². The van der Waals surface area contributed by atoms with Crippen molar-refractivity contribution < 1.29 is 4.42 Å². The van der Waals surface area contributed by atoms with Gasteiger partial charge in [0.2, 0.25) is 0 Å². The van der Waals surface area contributed by atoms with Crippen molar-refractivity contribution >= 4 is 82.1 Å². The lowest BCUT2D eigenvalue weighted by molar-refractivity contribution is 0.669. The molecule has 48 heavy (non-hydrogen) atoms. The molecule has 2 nitrogen and oxygen atoms in total. The standard InChI is InChI=1S/C46H29NO/c1-2-15-32-29-45-40(27-31(32)14-1)46-39(23-12-26-44(46)48-45)38-22-9-10-24-42(38)47(41-25-11-17-30-13-3-6-19-35(30)41)43-28-33-16-4-5-18-34(33)36-20-7-8-21-37(36)43/h1-29H. The lowest BCUT2D eigenvalue weighted by atomic mass is 9.94. The van der Waals surface area contributed by atoms with E-state index in [4.69, 9.17) is 4.42 Å². The molecule has 1 heterocycles. The Bertz CT molecular complexity index is 2860. The van der Waals surface area contributed by atoms with Gasteiger partial charge >= 0.3 is 0 Å². The fourth-order valence-corrected chi connectivity index (χ4v) is 7.64. The highest BCUT2D eigenvalue weighted by atomic mass is 16.3. The summed E-state index contributed by atoms with van der Waals surface area (Å²) in [6.07, 6.45) is 0. The Hall–Kier alpha value is -6.38. The first kappa shape index (κ1) is 26.8. The molecule has 0 aliphatic heterocycles. The van der Waals surface area contributed by atoms with Gasteiger partial charge in [-0.1, -0.05) is 140 Å². The first-order chi connectivity index (χ1) is 23.8. The Labute approximate surface area is 277 Å². The maximum absolute atomic E-state index is 6.54. The van der Waals surface area contributed by atoms with Crippen LogP contribution in [0.3, 0.4) is 0 Å². The second kappa shape index (κ2) is 10.6. The van der Waals surface area contributed by atoms with Crippen molar-refractivity contribution in [1.29, 1.82) is 0 Å². The van der Waals surface area contributed by atoms with Crippen LogP contribution in [0, 0.1) is 0 Å². The largest absolute Gasteiger partial charge is 0.456 e. The van der Waals surface area contributed by atoms with Crippen molar-refractivity contribution in [3.63, 3.8) is 0 Å². The zero-order valence-electron chi connectivity index (χ0n) is 26.1. The summed E-state index contributed by atoms with van der Waals surface area (Å²) >= 11 is 0. The summed E-state index contributed by atoms with van der Waals surface area (Å²) in [5.74, 6) is 0. The minimum Gasteiger partial charge on any atom is -0.456 e. The molecule has 9 aromatic carbocycles. The van der Waals surface area contributed by atoms with Gasteiger partial charge in [0, 0.05) is 27.1 Å². The van der Waals surface area contributed by atoms with Crippen LogP contribution in [0.25, 0.3) is 76.2 Å². The van der Waals surface area contributed by atoms with Crippen LogP contribution in [-0.2, 0) is 0 Å². The van der Waals surface area contributed by atoms with Crippen molar-refractivity contribution in [1.82, 2.24) is 0 Å². The first-order valence-electron chi connectivity index (χ1n) is 16.4. The molecule has 0 atom stereocenters. The number of fused-ring (bicyclic) bond motifs is 8. The number of hydrogen-bond donors (Lipinski definition) is 0. The van der Waals surface area contributed by atoms with E-state index < -0.39 is 0 Å². The Morgan fingerprint density at radius 1 is 0.312 bits per heavy atom. The first-order valence-corrected chi connectivity index (χ1v) is 16.4. The van der Waals surface area contributed by atoms with Crippen molar-refractivity contribution in [2.24, 2.45) is 0 Å². The number of benzene rings is 9. The molecule has 0 amide bonds. The average Bonchev–Trinajstić information content (AvgIpc) is 3.52. The normalized spacial score (nSPS) is 11.8. The quantitative estimate of drug-likeness (QED) is 0.184. The monoisotopic (exact) mass is 611 g/mol. The van der Waals surface area contributed by atoms with E-state index in [1.54, 1.807) is 0 Å². The summed E-state index contributed by atoms with van der Waals surface area (Å²) in [5, 5.41) is 12.0. The third-order valence-electron chi connectivity index (χ3n) is 9.79. The van der Waals surface area contributed by atoms with Gasteiger partial charge in [-0.15, -0.1) is 0 Å². The number of anilines is 3. The van der Waals surface area contributed by atoms with Gasteiger partial charge in [0.25, 0.3) is 0 Å². The van der Waals surface area contributed by atoms with E-state index in [0.717, 1.165) is 50.1 Å². The second-order valence-corrected chi connectivity index (χ2v) is 12.5. The molecule has 0 bridgehead atoms. The zero-order chi connectivity index (χ0) is 31.6. The third-order valence-corrected chi connectivity index (χ3v) is 9.79. The van der Waals surface area contributed by atoms with Gasteiger partial charge in [-0.2, -0.15) is 0 Å². The highest BCUT2D eigenvalue weighted by molar-refractivity contribution is 6.19. The summed E-state index contributed by atoms with van der Waals surface area (Å²) in [4.78, 5) is 2.48. The number of furan rings is 1. The number of para-hydroxylation sites is 1. The van der Waals surface area contributed by atoms with Crippen molar-refractivity contribution in [2.45, 2.75) is 0 Å². The molecule has 0 aliphatic rings. The van der Waals surface area contributed by atoms with E-state index in [0.29, 0.717) is 0 Å². The second-order valence-electron chi connectivity index (χ2n) is 12.5. The van der Waals surface area contributed by atoms with E-state index in [-0.39, 0.29) is 0 Å². The predicted octanol–water partition coefficient (Wildman–Crippen LogP) is 13.3. The summed E-state index contributed by atoms with van der Waals surface area (Å²) in [7, 11) is 0. The van der Waals surface area contributed by atoms with E-state index >= 15 is 0 Å². The maximum atomic E-state index is 6.54. The highest BCUT2D eigenvalue weighted by Gasteiger charge is 2.23. The van der Waals surface area contributed by atoms with Crippen molar-refractivity contribution in [3.8, 4) is 11.1 Å². The molecule has 224 valence electrons. The Balaban J connectivity index is 1.32. The van der Waals surface area contributed by atoms with E-state index in [1.807, 2.05) is 0 Å². The third kappa shape index (κ3) is 4.06. The molecule has 0 spiro atoms. The van der Waals surface area contributed by atoms with Gasteiger partial charge in [0.05, 0.1) is 17.1 Å². The summed E-state index contributed by atoms with van der Waals surface area (Å²) in [6, 6.07) is 63.4. The zero-order valence-corrected chi connectivity index (χ0v) is 26.1. The lowest BCUT2D eigenvalue weighted by Crippen LogP contribution is -2.12. The summed E-state index contributed by atoms with van der Waals surface area (Å²) < 4.78 is 6.54. The fraction of sp³-hybridized carbons (Fsp3) is 0. The highest BCUT2D eigenvalue weighted by Crippen LogP contribution is 2.49. The Morgan fingerprint density at radius 3 is 1.75 bits per heavy atom. The van der Waals surface area contributed by atoms with Crippen LogP contribution in [0.4, 0.5) is 17.1 Å². The van der Waals surface area contributed by atoms with E-state index in [2.05, 4.69) is 181 Å². The molecule has 0 N–H and O–H groups in total. The molecule has 10 aromatic rings. The molecule has 10 rings (SSSR count). The number of hydrogen-bond acceptors (Lipinski definition) is 2. The van der Waals surface area contributed by atoms with Crippen LogP contribution < -0.4 is 4.90 Å². The molecular formula is C46H29NO. The lowest BCUT2D eigenvalue weighted by Gasteiger charge is -2.30. The Kier molecular flexibility index (Phi) is 5.91. The molecule has 0 fully saturated rings. The molecule has 0 aliphatic carbocycles. The van der Waals surface area contributed by atoms with Crippen LogP contribution in [0.5, 0.6) is 0 Å². The number of rotatable bonds is 4. The minimum atomic E-state index is 0.889. The van der Waals surface area contributed by atoms with Crippen LogP contribution in [0.15, 0.2) is 180 Å². The average molecular weight is 612 g/mol. The van der Waals surface area contributed by atoms with Gasteiger partial charge in [-0.05, 0) is 74.3 Å². The van der Waals surface area contributed by atoms with Crippen LogP contribution in [-0.4, -0.2) is 0 Å². The fourth-order valence-electron chi connectivity index (χ4n) is 7.64. The van der Waals surface area contributed by atoms with Crippen LogP contribution in [0.2, 0.25) is 0 Å². The molecule has 2 heteroatoms. The van der Waals surface area contributed by atoms with Crippen LogP contribution >= 0.6 is 0 Å². The van der Waals surface area contributed by atoms with Gasteiger partial charge in [0.15, 0.2) is 0 Å². The molecule has 0 unspecified atom stereocenters. The minimum absolute atomic E-state index is 0.889.